The standard InChI is InChI=1S/C15H14N4OS/c1-2-4-12-11(3-1)17-9-14(18-12)19-6-7-20-13(10-19)15-16-5-8-21-15/h1-5,8-9,13H,6-7,10H2/t13-/m0/s1. The molecule has 21 heavy (non-hydrogen) atoms. The van der Waals surface area contributed by atoms with Gasteiger partial charge in [0.25, 0.3) is 0 Å². The summed E-state index contributed by atoms with van der Waals surface area (Å²) in [6.07, 6.45) is 3.68. The summed E-state index contributed by atoms with van der Waals surface area (Å²) >= 11 is 1.63. The molecule has 1 aromatic carbocycles. The molecule has 1 saturated heterocycles. The highest BCUT2D eigenvalue weighted by Gasteiger charge is 2.24. The summed E-state index contributed by atoms with van der Waals surface area (Å²) in [5.41, 5.74) is 1.85. The van der Waals surface area contributed by atoms with E-state index in [4.69, 9.17) is 9.72 Å². The van der Waals surface area contributed by atoms with Crippen molar-refractivity contribution in [3.8, 4) is 0 Å². The molecule has 1 aliphatic rings. The fourth-order valence-electron chi connectivity index (χ4n) is 2.50. The maximum absolute atomic E-state index is 5.82. The van der Waals surface area contributed by atoms with Crippen molar-refractivity contribution in [2.24, 2.45) is 0 Å². The molecule has 0 spiro atoms. The molecular formula is C15H14N4OS. The van der Waals surface area contributed by atoms with E-state index < -0.39 is 0 Å². The summed E-state index contributed by atoms with van der Waals surface area (Å²) < 4.78 is 5.82. The molecule has 3 heterocycles. The summed E-state index contributed by atoms with van der Waals surface area (Å²) in [4.78, 5) is 15.8. The van der Waals surface area contributed by atoms with Crippen molar-refractivity contribution < 1.29 is 4.74 Å². The number of anilines is 1. The van der Waals surface area contributed by atoms with Gasteiger partial charge in [-0.1, -0.05) is 12.1 Å². The third-order valence-electron chi connectivity index (χ3n) is 3.55. The van der Waals surface area contributed by atoms with Crippen LogP contribution in [0, 0.1) is 0 Å². The quantitative estimate of drug-likeness (QED) is 0.728. The zero-order chi connectivity index (χ0) is 14.1. The van der Waals surface area contributed by atoms with Gasteiger partial charge in [0.2, 0.25) is 0 Å². The Morgan fingerprint density at radius 2 is 2.10 bits per heavy atom. The lowest BCUT2D eigenvalue weighted by Gasteiger charge is -2.32. The van der Waals surface area contributed by atoms with Crippen LogP contribution in [-0.2, 0) is 4.74 Å². The number of rotatable bonds is 2. The van der Waals surface area contributed by atoms with Gasteiger partial charge in [-0.2, -0.15) is 0 Å². The van der Waals surface area contributed by atoms with E-state index in [9.17, 15) is 0 Å². The first kappa shape index (κ1) is 12.7. The highest BCUT2D eigenvalue weighted by molar-refractivity contribution is 7.09. The van der Waals surface area contributed by atoms with E-state index in [1.807, 2.05) is 42.0 Å². The van der Waals surface area contributed by atoms with Crippen molar-refractivity contribution in [3.63, 3.8) is 0 Å². The molecule has 1 atom stereocenters. The molecule has 0 aliphatic carbocycles. The van der Waals surface area contributed by atoms with Gasteiger partial charge in [-0.25, -0.2) is 9.97 Å². The number of aromatic nitrogens is 3. The number of thiazole rings is 1. The van der Waals surface area contributed by atoms with Crippen LogP contribution in [0.3, 0.4) is 0 Å². The lowest BCUT2D eigenvalue weighted by molar-refractivity contribution is 0.0394. The number of benzene rings is 1. The fourth-order valence-corrected chi connectivity index (χ4v) is 3.18. The van der Waals surface area contributed by atoms with Crippen molar-refractivity contribution >= 4 is 28.2 Å². The van der Waals surface area contributed by atoms with E-state index in [1.165, 1.54) is 0 Å². The van der Waals surface area contributed by atoms with Crippen molar-refractivity contribution in [1.29, 1.82) is 0 Å². The first-order chi connectivity index (χ1) is 10.4. The number of para-hydroxylation sites is 2. The number of fused-ring (bicyclic) bond motifs is 1. The minimum Gasteiger partial charge on any atom is -0.367 e. The second kappa shape index (κ2) is 5.38. The Balaban J connectivity index is 1.62. The van der Waals surface area contributed by atoms with Gasteiger partial charge in [-0.15, -0.1) is 11.3 Å². The third-order valence-corrected chi connectivity index (χ3v) is 4.42. The molecule has 0 N–H and O–H groups in total. The SMILES string of the molecule is c1ccc2nc(N3CCO[C@H](c4nccs4)C3)cnc2c1. The molecule has 2 aromatic heterocycles. The number of morpholine rings is 1. The zero-order valence-electron chi connectivity index (χ0n) is 11.3. The summed E-state index contributed by atoms with van der Waals surface area (Å²) in [7, 11) is 0. The zero-order valence-corrected chi connectivity index (χ0v) is 12.2. The average Bonchev–Trinajstić information content (AvgIpc) is 3.09. The van der Waals surface area contributed by atoms with Gasteiger partial charge in [0.15, 0.2) is 0 Å². The predicted molar refractivity (Wildman–Crippen MR) is 82.6 cm³/mol. The van der Waals surface area contributed by atoms with Crippen molar-refractivity contribution in [1.82, 2.24) is 15.0 Å². The Morgan fingerprint density at radius 3 is 2.95 bits per heavy atom. The minimum absolute atomic E-state index is 0.0204. The normalized spacial score (nSPS) is 19.0. The van der Waals surface area contributed by atoms with E-state index in [1.54, 1.807) is 11.3 Å². The average molecular weight is 298 g/mol. The van der Waals surface area contributed by atoms with E-state index in [2.05, 4.69) is 14.9 Å². The predicted octanol–water partition coefficient (Wildman–Crippen LogP) is 2.66. The molecule has 0 unspecified atom stereocenters. The van der Waals surface area contributed by atoms with Crippen LogP contribution >= 0.6 is 11.3 Å². The maximum Gasteiger partial charge on any atom is 0.148 e. The highest BCUT2D eigenvalue weighted by atomic mass is 32.1. The summed E-state index contributed by atoms with van der Waals surface area (Å²) in [6, 6.07) is 7.93. The molecule has 0 bridgehead atoms. The monoisotopic (exact) mass is 298 g/mol. The van der Waals surface area contributed by atoms with Crippen LogP contribution in [0.2, 0.25) is 0 Å². The van der Waals surface area contributed by atoms with Gasteiger partial charge in [-0.05, 0) is 12.1 Å². The van der Waals surface area contributed by atoms with Gasteiger partial charge >= 0.3 is 0 Å². The Labute approximate surface area is 126 Å². The van der Waals surface area contributed by atoms with Crippen LogP contribution in [0.4, 0.5) is 5.82 Å². The van der Waals surface area contributed by atoms with Gasteiger partial charge in [0, 0.05) is 18.1 Å². The number of hydrogen-bond donors (Lipinski definition) is 0. The minimum atomic E-state index is 0.0204. The second-order valence-electron chi connectivity index (χ2n) is 4.89. The Bertz CT molecular complexity index is 746. The molecule has 0 saturated carbocycles. The van der Waals surface area contributed by atoms with Crippen molar-refractivity contribution in [3.05, 3.63) is 47.0 Å². The smallest absolute Gasteiger partial charge is 0.148 e. The van der Waals surface area contributed by atoms with Crippen LogP contribution in [-0.4, -0.2) is 34.6 Å². The summed E-state index contributed by atoms with van der Waals surface area (Å²) in [5.74, 6) is 0.901. The first-order valence-corrected chi connectivity index (χ1v) is 7.76. The van der Waals surface area contributed by atoms with E-state index >= 15 is 0 Å². The van der Waals surface area contributed by atoms with Crippen molar-refractivity contribution in [2.45, 2.75) is 6.10 Å². The molecule has 5 nitrogen and oxygen atoms in total. The number of ether oxygens (including phenoxy) is 1. The van der Waals surface area contributed by atoms with Gasteiger partial charge in [0.1, 0.15) is 16.9 Å². The first-order valence-electron chi connectivity index (χ1n) is 6.88. The van der Waals surface area contributed by atoms with Gasteiger partial charge in [0.05, 0.1) is 30.4 Å². The van der Waals surface area contributed by atoms with Gasteiger partial charge < -0.3 is 9.64 Å². The molecule has 3 aromatic rings. The van der Waals surface area contributed by atoms with Gasteiger partial charge in [-0.3, -0.25) is 4.98 Å². The molecule has 6 heteroatoms. The molecule has 0 amide bonds. The Kier molecular flexibility index (Phi) is 3.25. The molecular weight excluding hydrogens is 284 g/mol. The third kappa shape index (κ3) is 2.48. The summed E-state index contributed by atoms with van der Waals surface area (Å²) in [6.45, 7) is 2.27. The Morgan fingerprint density at radius 1 is 1.19 bits per heavy atom. The van der Waals surface area contributed by atoms with Crippen LogP contribution in [0.1, 0.15) is 11.1 Å². The van der Waals surface area contributed by atoms with Crippen molar-refractivity contribution in [2.75, 3.05) is 24.6 Å². The molecule has 1 fully saturated rings. The fraction of sp³-hybridized carbons (Fsp3) is 0.267. The molecule has 4 rings (SSSR count). The Hall–Kier alpha value is -2.05. The van der Waals surface area contributed by atoms with Crippen LogP contribution in [0.5, 0.6) is 0 Å². The van der Waals surface area contributed by atoms with Crippen LogP contribution < -0.4 is 4.90 Å². The lowest BCUT2D eigenvalue weighted by Crippen LogP contribution is -2.38. The largest absolute Gasteiger partial charge is 0.367 e. The topological polar surface area (TPSA) is 51.1 Å². The lowest BCUT2D eigenvalue weighted by atomic mass is 10.2. The molecule has 1 aliphatic heterocycles. The molecule has 106 valence electrons. The van der Waals surface area contributed by atoms with E-state index in [0.29, 0.717) is 6.61 Å². The van der Waals surface area contributed by atoms with Crippen LogP contribution in [0.15, 0.2) is 42.0 Å². The number of nitrogens with zero attached hydrogens (tertiary/aromatic N) is 4. The van der Waals surface area contributed by atoms with E-state index in [-0.39, 0.29) is 6.10 Å². The number of hydrogen-bond acceptors (Lipinski definition) is 6. The maximum atomic E-state index is 5.82. The second-order valence-corrected chi connectivity index (χ2v) is 5.82. The molecule has 0 radical (unpaired) electrons. The van der Waals surface area contributed by atoms with Crippen LogP contribution in [0.25, 0.3) is 11.0 Å². The highest BCUT2D eigenvalue weighted by Crippen LogP contribution is 2.26. The summed E-state index contributed by atoms with van der Waals surface area (Å²) in [5, 5.41) is 3.00. The van der Waals surface area contributed by atoms with E-state index in [0.717, 1.165) is 34.9 Å².